The van der Waals surface area contributed by atoms with Gasteiger partial charge in [0.2, 0.25) is 0 Å². The van der Waals surface area contributed by atoms with E-state index in [9.17, 15) is 4.39 Å². The topological polar surface area (TPSA) is 15.3 Å². The smallest absolute Gasteiger partial charge is 0.140 e. The molecule has 1 heterocycles. The number of nitrogens with zero attached hydrogens (tertiary/aromatic N) is 1. The summed E-state index contributed by atoms with van der Waals surface area (Å²) in [5, 5.41) is 3.32. The van der Waals surface area contributed by atoms with Gasteiger partial charge in [-0.25, -0.2) is 4.39 Å². The SMILES string of the molecule is Cc1cc(CN2CCNCC2)cc(Br)c1F. The summed E-state index contributed by atoms with van der Waals surface area (Å²) in [6, 6.07) is 3.81. The van der Waals surface area contributed by atoms with Gasteiger partial charge in [0.15, 0.2) is 0 Å². The van der Waals surface area contributed by atoms with Crippen LogP contribution < -0.4 is 5.32 Å². The second kappa shape index (κ2) is 5.25. The molecule has 0 radical (unpaired) electrons. The first-order valence-corrected chi connectivity index (χ1v) is 6.34. The molecular formula is C12H16BrFN2. The van der Waals surface area contributed by atoms with Gasteiger partial charge in [-0.15, -0.1) is 0 Å². The van der Waals surface area contributed by atoms with Gasteiger partial charge in [-0.1, -0.05) is 6.07 Å². The molecule has 0 amide bonds. The van der Waals surface area contributed by atoms with Gasteiger partial charge in [-0.3, -0.25) is 4.90 Å². The molecule has 0 bridgehead atoms. The number of nitrogens with one attached hydrogen (secondary N) is 1. The van der Waals surface area contributed by atoms with Gasteiger partial charge in [-0.05, 0) is 40.0 Å². The van der Waals surface area contributed by atoms with Gasteiger partial charge in [0.1, 0.15) is 5.82 Å². The Kier molecular flexibility index (Phi) is 3.95. The van der Waals surface area contributed by atoms with Crippen LogP contribution in [0.1, 0.15) is 11.1 Å². The van der Waals surface area contributed by atoms with Gasteiger partial charge in [-0.2, -0.15) is 0 Å². The fraction of sp³-hybridized carbons (Fsp3) is 0.500. The summed E-state index contributed by atoms with van der Waals surface area (Å²) >= 11 is 3.26. The van der Waals surface area contributed by atoms with Crippen molar-refractivity contribution in [2.24, 2.45) is 0 Å². The zero-order valence-electron chi connectivity index (χ0n) is 9.39. The van der Waals surface area contributed by atoms with Crippen LogP contribution in [0.3, 0.4) is 0 Å². The lowest BCUT2D eigenvalue weighted by Gasteiger charge is -2.27. The van der Waals surface area contributed by atoms with Crippen LogP contribution in [0.4, 0.5) is 4.39 Å². The number of benzene rings is 1. The summed E-state index contributed by atoms with van der Waals surface area (Å²) < 4.78 is 14.0. The summed E-state index contributed by atoms with van der Waals surface area (Å²) in [5.41, 5.74) is 1.88. The maximum absolute atomic E-state index is 13.4. The van der Waals surface area contributed by atoms with Crippen molar-refractivity contribution in [3.05, 3.63) is 33.5 Å². The van der Waals surface area contributed by atoms with Crippen LogP contribution in [0.25, 0.3) is 0 Å². The average Bonchev–Trinajstić information content (AvgIpc) is 2.27. The Balaban J connectivity index is 2.09. The lowest BCUT2D eigenvalue weighted by molar-refractivity contribution is 0.233. The summed E-state index contributed by atoms with van der Waals surface area (Å²) in [6.45, 7) is 6.92. The largest absolute Gasteiger partial charge is 0.314 e. The van der Waals surface area contributed by atoms with Crippen molar-refractivity contribution in [1.82, 2.24) is 10.2 Å². The van der Waals surface area contributed by atoms with Crippen LogP contribution in [0, 0.1) is 12.7 Å². The Morgan fingerprint density at radius 1 is 1.38 bits per heavy atom. The van der Waals surface area contributed by atoms with Crippen LogP contribution in [0.2, 0.25) is 0 Å². The minimum absolute atomic E-state index is 0.149. The van der Waals surface area contributed by atoms with E-state index in [-0.39, 0.29) is 5.82 Å². The highest BCUT2D eigenvalue weighted by Gasteiger charge is 2.12. The molecule has 1 aliphatic rings. The fourth-order valence-corrected chi connectivity index (χ4v) is 2.62. The van der Waals surface area contributed by atoms with Crippen LogP contribution >= 0.6 is 15.9 Å². The minimum atomic E-state index is -0.149. The Bertz CT molecular complexity index is 352. The fourth-order valence-electron chi connectivity index (χ4n) is 2.02. The van der Waals surface area contributed by atoms with E-state index >= 15 is 0 Å². The first-order valence-electron chi connectivity index (χ1n) is 5.54. The molecular weight excluding hydrogens is 271 g/mol. The molecule has 88 valence electrons. The molecule has 2 nitrogen and oxygen atoms in total. The average molecular weight is 287 g/mol. The van der Waals surface area contributed by atoms with Crippen LogP contribution in [-0.4, -0.2) is 31.1 Å². The van der Waals surface area contributed by atoms with Gasteiger partial charge < -0.3 is 5.32 Å². The number of hydrogen-bond acceptors (Lipinski definition) is 2. The van der Waals surface area contributed by atoms with Gasteiger partial charge in [0.25, 0.3) is 0 Å². The van der Waals surface area contributed by atoms with E-state index in [4.69, 9.17) is 0 Å². The summed E-state index contributed by atoms with van der Waals surface area (Å²) in [5.74, 6) is -0.149. The van der Waals surface area contributed by atoms with Gasteiger partial charge >= 0.3 is 0 Å². The van der Waals surface area contributed by atoms with Crippen LogP contribution in [0.15, 0.2) is 16.6 Å². The molecule has 0 unspecified atom stereocenters. The third kappa shape index (κ3) is 2.81. The third-order valence-corrected chi connectivity index (χ3v) is 3.46. The lowest BCUT2D eigenvalue weighted by atomic mass is 10.1. The van der Waals surface area contributed by atoms with Crippen molar-refractivity contribution >= 4 is 15.9 Å². The maximum atomic E-state index is 13.4. The van der Waals surface area contributed by atoms with E-state index in [1.165, 1.54) is 5.56 Å². The second-order valence-electron chi connectivity index (χ2n) is 4.23. The van der Waals surface area contributed by atoms with Crippen LogP contribution in [-0.2, 0) is 6.54 Å². The van der Waals surface area contributed by atoms with Crippen molar-refractivity contribution in [3.63, 3.8) is 0 Å². The summed E-state index contributed by atoms with van der Waals surface area (Å²) in [4.78, 5) is 2.38. The molecule has 0 spiro atoms. The van der Waals surface area contributed by atoms with Crippen molar-refractivity contribution in [1.29, 1.82) is 0 Å². The number of halogens is 2. The van der Waals surface area contributed by atoms with E-state index in [1.54, 1.807) is 6.92 Å². The number of hydrogen-bond donors (Lipinski definition) is 1. The molecule has 1 aromatic carbocycles. The Morgan fingerprint density at radius 3 is 2.69 bits per heavy atom. The predicted octanol–water partition coefficient (Wildman–Crippen LogP) is 2.30. The molecule has 1 aliphatic heterocycles. The number of rotatable bonds is 2. The number of piperazine rings is 1. The monoisotopic (exact) mass is 286 g/mol. The van der Waals surface area contributed by atoms with Crippen molar-refractivity contribution < 1.29 is 4.39 Å². The van der Waals surface area contributed by atoms with Crippen LogP contribution in [0.5, 0.6) is 0 Å². The molecule has 16 heavy (non-hydrogen) atoms. The third-order valence-electron chi connectivity index (χ3n) is 2.89. The molecule has 0 atom stereocenters. The lowest BCUT2D eigenvalue weighted by Crippen LogP contribution is -2.42. The maximum Gasteiger partial charge on any atom is 0.140 e. The standard InChI is InChI=1S/C12H16BrFN2/c1-9-6-10(7-11(13)12(9)14)8-16-4-2-15-3-5-16/h6-7,15H,2-5,8H2,1H3. The minimum Gasteiger partial charge on any atom is -0.314 e. The Morgan fingerprint density at radius 2 is 2.06 bits per heavy atom. The number of aryl methyl sites for hydroxylation is 1. The molecule has 0 saturated carbocycles. The van der Waals surface area contributed by atoms with Crippen molar-refractivity contribution in [3.8, 4) is 0 Å². The molecule has 1 aromatic rings. The van der Waals surface area contributed by atoms with Gasteiger partial charge in [0.05, 0.1) is 4.47 Å². The first kappa shape index (κ1) is 12.0. The molecule has 1 saturated heterocycles. The molecule has 1 N–H and O–H groups in total. The second-order valence-corrected chi connectivity index (χ2v) is 5.09. The van der Waals surface area contributed by atoms with Crippen molar-refractivity contribution in [2.45, 2.75) is 13.5 Å². The molecule has 4 heteroatoms. The van der Waals surface area contributed by atoms with E-state index in [1.807, 2.05) is 12.1 Å². The highest BCUT2D eigenvalue weighted by Crippen LogP contribution is 2.21. The Labute approximate surface area is 104 Å². The molecule has 1 fully saturated rings. The van der Waals surface area contributed by atoms with E-state index < -0.39 is 0 Å². The van der Waals surface area contributed by atoms with E-state index in [0.717, 1.165) is 32.7 Å². The normalized spacial score (nSPS) is 17.7. The predicted molar refractivity (Wildman–Crippen MR) is 67.0 cm³/mol. The molecule has 0 aliphatic carbocycles. The van der Waals surface area contributed by atoms with E-state index in [2.05, 4.69) is 26.1 Å². The summed E-state index contributed by atoms with van der Waals surface area (Å²) in [6.07, 6.45) is 0. The molecule has 0 aromatic heterocycles. The zero-order valence-corrected chi connectivity index (χ0v) is 11.0. The molecule has 2 rings (SSSR count). The van der Waals surface area contributed by atoms with Crippen molar-refractivity contribution in [2.75, 3.05) is 26.2 Å². The zero-order chi connectivity index (χ0) is 11.5. The summed E-state index contributed by atoms with van der Waals surface area (Å²) in [7, 11) is 0. The highest BCUT2D eigenvalue weighted by molar-refractivity contribution is 9.10. The first-order chi connectivity index (χ1) is 7.66. The van der Waals surface area contributed by atoms with E-state index in [0.29, 0.717) is 10.0 Å². The Hall–Kier alpha value is -0.450. The highest BCUT2D eigenvalue weighted by atomic mass is 79.9. The quantitative estimate of drug-likeness (QED) is 0.898. The van der Waals surface area contributed by atoms with Gasteiger partial charge in [0, 0.05) is 32.7 Å².